The molecule has 0 amide bonds. The zero-order valence-electron chi connectivity index (χ0n) is 16.2. The summed E-state index contributed by atoms with van der Waals surface area (Å²) >= 11 is 1.28. The number of hydrogen-bond donors (Lipinski definition) is 1. The average Bonchev–Trinajstić information content (AvgIpc) is 3.09. The molecule has 27 heavy (non-hydrogen) atoms. The van der Waals surface area contributed by atoms with E-state index in [0.717, 1.165) is 22.6 Å². The number of ketones is 1. The van der Waals surface area contributed by atoms with Crippen LogP contribution in [0.15, 0.2) is 35.1 Å². The van der Waals surface area contributed by atoms with Crippen molar-refractivity contribution >= 4 is 29.3 Å². The van der Waals surface area contributed by atoms with Crippen molar-refractivity contribution in [1.82, 2.24) is 14.8 Å². The molecule has 2 heterocycles. The third-order valence-electron chi connectivity index (χ3n) is 4.31. The number of para-hydroxylation sites is 1. The molecule has 5 nitrogen and oxygen atoms in total. The molecule has 0 radical (unpaired) electrons. The number of carbonyl (C=O) groups is 1. The van der Waals surface area contributed by atoms with Crippen LogP contribution < -0.4 is 14.8 Å². The third kappa shape index (κ3) is 4.01. The predicted molar refractivity (Wildman–Crippen MR) is 110 cm³/mol. The Morgan fingerprint density at radius 2 is 1.85 bits per heavy atom. The number of aromatic nitrogens is 3. The Labute approximate surface area is 161 Å². The Bertz CT molecular complexity index is 1160. The van der Waals surface area contributed by atoms with Crippen molar-refractivity contribution in [2.75, 3.05) is 0 Å². The zero-order chi connectivity index (χ0) is 19.8. The summed E-state index contributed by atoms with van der Waals surface area (Å²) in [7, 11) is 0. The van der Waals surface area contributed by atoms with E-state index in [-0.39, 0.29) is 11.3 Å². The van der Waals surface area contributed by atoms with Gasteiger partial charge in [-0.15, -0.1) is 11.3 Å². The molecule has 0 fully saturated rings. The molecule has 0 aliphatic heterocycles. The smallest absolute Gasteiger partial charge is 0.266 e. The topological polar surface area (TPSA) is 67.8 Å². The van der Waals surface area contributed by atoms with Gasteiger partial charge in [0.2, 0.25) is 0 Å². The summed E-state index contributed by atoms with van der Waals surface area (Å²) in [6.07, 6.45) is 3.36. The zero-order valence-corrected chi connectivity index (χ0v) is 17.0. The fourth-order valence-corrected chi connectivity index (χ4v) is 3.54. The van der Waals surface area contributed by atoms with Gasteiger partial charge in [0.05, 0.1) is 20.6 Å². The number of aryl methyl sites for hydroxylation is 1. The van der Waals surface area contributed by atoms with Crippen LogP contribution in [0.5, 0.6) is 0 Å². The van der Waals surface area contributed by atoms with E-state index < -0.39 is 5.41 Å². The van der Waals surface area contributed by atoms with Gasteiger partial charge in [-0.3, -0.25) is 9.59 Å². The maximum absolute atomic E-state index is 12.3. The third-order valence-corrected chi connectivity index (χ3v) is 5.27. The highest BCUT2D eigenvalue weighted by atomic mass is 32.1. The van der Waals surface area contributed by atoms with E-state index in [9.17, 15) is 9.59 Å². The van der Waals surface area contributed by atoms with Crippen molar-refractivity contribution in [3.05, 3.63) is 66.8 Å². The number of thiazole rings is 1. The fourth-order valence-electron chi connectivity index (χ4n) is 2.68. The van der Waals surface area contributed by atoms with Crippen LogP contribution in [0.25, 0.3) is 17.8 Å². The maximum Gasteiger partial charge on any atom is 0.266 e. The number of carbonyl (C=O) groups excluding carboxylic acids is 1. The quantitative estimate of drug-likeness (QED) is 0.758. The molecule has 140 valence electrons. The highest BCUT2D eigenvalue weighted by Crippen LogP contribution is 2.18. The fraction of sp³-hybridized carbons (Fsp3) is 0.286. The predicted octanol–water partition coefficient (Wildman–Crippen LogP) is 2.46. The summed E-state index contributed by atoms with van der Waals surface area (Å²) in [6, 6.07) is 9.88. The first-order valence-electron chi connectivity index (χ1n) is 8.75. The van der Waals surface area contributed by atoms with E-state index in [1.54, 1.807) is 0 Å². The van der Waals surface area contributed by atoms with E-state index in [4.69, 9.17) is 0 Å². The molecular weight excluding hydrogens is 358 g/mol. The Hall–Kier alpha value is -2.73. The van der Waals surface area contributed by atoms with Gasteiger partial charge in [-0.1, -0.05) is 39.0 Å². The second-order valence-corrected chi connectivity index (χ2v) is 8.60. The van der Waals surface area contributed by atoms with Gasteiger partial charge >= 0.3 is 0 Å². The highest BCUT2D eigenvalue weighted by Gasteiger charge is 2.18. The Morgan fingerprint density at radius 1 is 1.19 bits per heavy atom. The number of hydrogen-bond acceptors (Lipinski definition) is 4. The molecule has 1 N–H and O–H groups in total. The molecule has 0 saturated heterocycles. The summed E-state index contributed by atoms with van der Waals surface area (Å²) in [5.41, 5.74) is 3.03. The minimum Gasteiger partial charge on any atom is -0.313 e. The van der Waals surface area contributed by atoms with Crippen LogP contribution in [0.2, 0.25) is 0 Å². The number of nitrogens with one attached hydrogen (secondary N) is 1. The Balaban J connectivity index is 2.09. The molecule has 3 aromatic rings. The number of H-pyrrole nitrogens is 1. The first-order valence-corrected chi connectivity index (χ1v) is 9.57. The van der Waals surface area contributed by atoms with E-state index in [1.165, 1.54) is 17.4 Å². The monoisotopic (exact) mass is 381 g/mol. The molecule has 0 aliphatic carbocycles. The lowest BCUT2D eigenvalue weighted by atomic mass is 9.91. The Morgan fingerprint density at radius 3 is 2.48 bits per heavy atom. The van der Waals surface area contributed by atoms with Crippen molar-refractivity contribution in [3.63, 3.8) is 0 Å². The van der Waals surface area contributed by atoms with Crippen LogP contribution in [0.1, 0.15) is 37.7 Å². The number of Topliss-reactive ketones (excluding diaryl/α,β-unsaturated/α-hetero) is 1. The van der Waals surface area contributed by atoms with Gasteiger partial charge in [0.1, 0.15) is 0 Å². The molecule has 0 spiro atoms. The molecule has 2 aromatic heterocycles. The van der Waals surface area contributed by atoms with Crippen molar-refractivity contribution in [1.29, 1.82) is 0 Å². The second-order valence-electron chi connectivity index (χ2n) is 7.52. The molecule has 0 saturated carbocycles. The summed E-state index contributed by atoms with van der Waals surface area (Å²) < 4.78 is 3.00. The first kappa shape index (κ1) is 19.0. The molecule has 0 aliphatic rings. The van der Waals surface area contributed by atoms with Crippen LogP contribution in [0, 0.1) is 19.3 Å². The SMILES string of the molecule is Cc1nn(-c2ccccc2)c(C)c1C=c1sc(=CC(=O)C(C)(C)C)[nH]c1=O. The molecule has 0 atom stereocenters. The van der Waals surface area contributed by atoms with Crippen LogP contribution in [-0.4, -0.2) is 20.5 Å². The van der Waals surface area contributed by atoms with Crippen molar-refractivity contribution in [3.8, 4) is 5.69 Å². The lowest BCUT2D eigenvalue weighted by Gasteiger charge is -2.12. The van der Waals surface area contributed by atoms with Crippen LogP contribution in [0.4, 0.5) is 0 Å². The number of nitrogens with zero attached hydrogens (tertiary/aromatic N) is 2. The van der Waals surface area contributed by atoms with Gasteiger partial charge in [0, 0.05) is 22.7 Å². The van der Waals surface area contributed by atoms with E-state index in [1.807, 2.05) is 75.7 Å². The normalized spacial score (nSPS) is 13.4. The van der Waals surface area contributed by atoms with E-state index in [0.29, 0.717) is 9.20 Å². The average molecular weight is 382 g/mol. The van der Waals surface area contributed by atoms with Gasteiger partial charge in [-0.2, -0.15) is 5.10 Å². The number of rotatable bonds is 3. The molecule has 0 bridgehead atoms. The van der Waals surface area contributed by atoms with Gasteiger partial charge in [-0.25, -0.2) is 4.68 Å². The molecule has 3 rings (SSSR count). The molecule has 0 unspecified atom stereocenters. The summed E-state index contributed by atoms with van der Waals surface area (Å²) in [6.45, 7) is 9.48. The van der Waals surface area contributed by atoms with Crippen molar-refractivity contribution in [2.45, 2.75) is 34.6 Å². The number of benzene rings is 1. The van der Waals surface area contributed by atoms with E-state index in [2.05, 4.69) is 10.1 Å². The first-order chi connectivity index (χ1) is 12.7. The van der Waals surface area contributed by atoms with Crippen LogP contribution in [0.3, 0.4) is 0 Å². The van der Waals surface area contributed by atoms with E-state index >= 15 is 0 Å². The minimum atomic E-state index is -0.477. The summed E-state index contributed by atoms with van der Waals surface area (Å²) in [5, 5.41) is 4.61. The van der Waals surface area contributed by atoms with Crippen LogP contribution >= 0.6 is 11.3 Å². The van der Waals surface area contributed by atoms with Gasteiger partial charge in [0.25, 0.3) is 5.56 Å². The second kappa shape index (κ2) is 7.12. The molecule has 6 heteroatoms. The standard InChI is InChI=1S/C21H23N3O2S/c1-13-16(14(2)24(23-13)15-9-7-6-8-10-15)11-17-20(26)22-19(27-17)12-18(25)21(3,4)5/h6-12H,1-5H3,(H,22,26). The van der Waals surface area contributed by atoms with Gasteiger partial charge in [-0.05, 0) is 32.1 Å². The van der Waals surface area contributed by atoms with Crippen LogP contribution in [-0.2, 0) is 4.79 Å². The van der Waals surface area contributed by atoms with Crippen molar-refractivity contribution < 1.29 is 4.79 Å². The summed E-state index contributed by atoms with van der Waals surface area (Å²) in [5.74, 6) is -0.0178. The maximum atomic E-state index is 12.3. The Kier molecular flexibility index (Phi) is 5.02. The van der Waals surface area contributed by atoms with Gasteiger partial charge < -0.3 is 4.98 Å². The molecular formula is C21H23N3O2S. The summed E-state index contributed by atoms with van der Waals surface area (Å²) in [4.78, 5) is 27.3. The highest BCUT2D eigenvalue weighted by molar-refractivity contribution is 7.07. The minimum absolute atomic E-state index is 0.0178. The molecule has 1 aromatic carbocycles. The lowest BCUT2D eigenvalue weighted by Crippen LogP contribution is -2.22. The van der Waals surface area contributed by atoms with Crippen molar-refractivity contribution in [2.24, 2.45) is 5.41 Å². The van der Waals surface area contributed by atoms with Gasteiger partial charge in [0.15, 0.2) is 5.78 Å². The number of aromatic amines is 1. The largest absolute Gasteiger partial charge is 0.313 e. The lowest BCUT2D eigenvalue weighted by molar-refractivity contribution is -0.119.